The van der Waals surface area contributed by atoms with Gasteiger partial charge in [-0.25, -0.2) is 13.6 Å². The number of carbonyl (C=O) groups excluding carboxylic acids is 1. The second kappa shape index (κ2) is 7.81. The van der Waals surface area contributed by atoms with Crippen molar-refractivity contribution in [3.8, 4) is 5.75 Å². The number of nitrogens with one attached hydrogen (secondary N) is 1. The van der Waals surface area contributed by atoms with Crippen LogP contribution < -0.4 is 15.2 Å². The van der Waals surface area contributed by atoms with Crippen LogP contribution in [0, 0.1) is 0 Å². The molecular weight excluding hydrogens is 436 g/mol. The summed E-state index contributed by atoms with van der Waals surface area (Å²) < 4.78 is 35.1. The summed E-state index contributed by atoms with van der Waals surface area (Å²) in [5.74, 6) is 0.195. The highest BCUT2D eigenvalue weighted by Gasteiger charge is 2.32. The van der Waals surface area contributed by atoms with E-state index in [9.17, 15) is 13.2 Å². The van der Waals surface area contributed by atoms with Crippen LogP contribution in [0.3, 0.4) is 0 Å². The number of hydrogen-bond acceptors (Lipinski definition) is 6. The number of carbonyl (C=O) groups is 1. The summed E-state index contributed by atoms with van der Waals surface area (Å²) in [7, 11) is -3.83. The molecule has 1 heterocycles. The van der Waals surface area contributed by atoms with Gasteiger partial charge in [0, 0.05) is 23.0 Å². The Kier molecular flexibility index (Phi) is 5.66. The highest BCUT2D eigenvalue weighted by Crippen LogP contribution is 2.33. The van der Waals surface area contributed by atoms with Crippen LogP contribution in [-0.2, 0) is 14.8 Å². The molecule has 3 N–H and O–H groups in total. The lowest BCUT2D eigenvalue weighted by atomic mass is 10.00. The summed E-state index contributed by atoms with van der Waals surface area (Å²) >= 11 is 3.34. The number of Topliss-reactive ketones (excluding diaryl/α,β-unsaturated/α-hetero) is 1. The van der Waals surface area contributed by atoms with Gasteiger partial charge in [0.1, 0.15) is 5.75 Å². The average Bonchev–Trinajstić information content (AvgIpc) is 2.62. The number of rotatable bonds is 5. The van der Waals surface area contributed by atoms with Crippen molar-refractivity contribution in [3.05, 3.63) is 64.3 Å². The van der Waals surface area contributed by atoms with Crippen molar-refractivity contribution in [2.24, 2.45) is 5.14 Å². The number of benzene rings is 2. The van der Waals surface area contributed by atoms with Gasteiger partial charge in [-0.05, 0) is 43.3 Å². The van der Waals surface area contributed by atoms with Crippen LogP contribution >= 0.6 is 15.9 Å². The second-order valence-electron chi connectivity index (χ2n) is 5.69. The number of primary sulfonamides is 1. The van der Waals surface area contributed by atoms with Crippen molar-refractivity contribution in [2.45, 2.75) is 18.1 Å². The summed E-state index contributed by atoms with van der Waals surface area (Å²) in [6.07, 6.45) is 0.583. The van der Waals surface area contributed by atoms with Crippen LogP contribution in [0.2, 0.25) is 0 Å². The Morgan fingerprint density at radius 2 is 2.07 bits per heavy atom. The molecule has 2 aromatic carbocycles. The quantitative estimate of drug-likeness (QED) is 0.674. The molecule has 1 atom stereocenters. The van der Waals surface area contributed by atoms with E-state index in [0.717, 1.165) is 4.47 Å². The van der Waals surface area contributed by atoms with Gasteiger partial charge in [0.25, 0.3) is 0 Å². The molecule has 1 aliphatic heterocycles. The van der Waals surface area contributed by atoms with Gasteiger partial charge < -0.3 is 14.8 Å². The van der Waals surface area contributed by atoms with Crippen LogP contribution in [0.1, 0.15) is 17.3 Å². The van der Waals surface area contributed by atoms with Gasteiger partial charge in [-0.15, -0.1) is 0 Å². The third kappa shape index (κ3) is 4.38. The third-order valence-corrected chi connectivity index (χ3v) is 5.22. The smallest absolute Gasteiger partial charge is 0.238 e. The van der Waals surface area contributed by atoms with E-state index in [1.807, 2.05) is 0 Å². The number of nitrogens with two attached hydrogens (primary N) is 1. The Hall–Kier alpha value is -2.20. The Bertz CT molecular complexity index is 1020. The van der Waals surface area contributed by atoms with Crippen LogP contribution in [0.25, 0.3) is 0 Å². The number of sulfonamides is 1. The zero-order valence-corrected chi connectivity index (χ0v) is 16.7. The first-order valence-electron chi connectivity index (χ1n) is 8.01. The predicted octanol–water partition coefficient (Wildman–Crippen LogP) is 3.03. The van der Waals surface area contributed by atoms with Crippen molar-refractivity contribution in [1.29, 1.82) is 0 Å². The molecule has 1 unspecified atom stereocenters. The van der Waals surface area contributed by atoms with Crippen molar-refractivity contribution in [3.63, 3.8) is 0 Å². The minimum Gasteiger partial charge on any atom is -0.460 e. The Balaban J connectivity index is 1.94. The van der Waals surface area contributed by atoms with Gasteiger partial charge >= 0.3 is 0 Å². The number of ketones is 1. The highest BCUT2D eigenvalue weighted by molar-refractivity contribution is 9.10. The van der Waals surface area contributed by atoms with E-state index in [-0.39, 0.29) is 16.3 Å². The van der Waals surface area contributed by atoms with E-state index in [2.05, 4.69) is 21.2 Å². The second-order valence-corrected chi connectivity index (χ2v) is 8.17. The van der Waals surface area contributed by atoms with Gasteiger partial charge in [-0.2, -0.15) is 0 Å². The van der Waals surface area contributed by atoms with Gasteiger partial charge in [0.2, 0.25) is 22.1 Å². The first-order chi connectivity index (χ1) is 12.8. The maximum Gasteiger partial charge on any atom is 0.238 e. The summed E-state index contributed by atoms with van der Waals surface area (Å²) in [6, 6.07) is 11.1. The molecule has 0 bridgehead atoms. The van der Waals surface area contributed by atoms with Gasteiger partial charge in [-0.3, -0.25) is 4.79 Å². The largest absolute Gasteiger partial charge is 0.460 e. The Morgan fingerprint density at radius 3 is 2.78 bits per heavy atom. The summed E-state index contributed by atoms with van der Waals surface area (Å²) in [5.41, 5.74) is 1.13. The van der Waals surface area contributed by atoms with Crippen LogP contribution in [0.4, 0.5) is 5.69 Å². The molecule has 27 heavy (non-hydrogen) atoms. The molecule has 2 aromatic rings. The number of halogens is 1. The SMILES string of the molecule is CCOC1Oc2ccc(Br)cc2C(=O)/C1=C\Nc1cccc(S(N)(=O)=O)c1. The maximum absolute atomic E-state index is 12.9. The molecule has 0 saturated heterocycles. The standard InChI is InChI=1S/C18H17BrN2O5S/c1-2-25-18-15(17(22)14-8-11(19)6-7-16(14)26-18)10-21-12-4-3-5-13(9-12)27(20,23)24/h3-10,18,21H,2H2,1H3,(H2,20,23,24)/b15-10+. The molecule has 1 aliphatic rings. The van der Waals surface area contributed by atoms with E-state index in [1.165, 1.54) is 18.3 Å². The molecule has 0 aromatic heterocycles. The fourth-order valence-electron chi connectivity index (χ4n) is 2.56. The normalized spacial score (nSPS) is 18.1. The average molecular weight is 453 g/mol. The monoisotopic (exact) mass is 452 g/mol. The maximum atomic E-state index is 12.9. The molecule has 0 amide bonds. The van der Waals surface area contributed by atoms with Gasteiger partial charge in [0.05, 0.1) is 16.0 Å². The first kappa shape index (κ1) is 19.6. The highest BCUT2D eigenvalue weighted by atomic mass is 79.9. The summed E-state index contributed by atoms with van der Waals surface area (Å²) in [6.45, 7) is 2.15. The molecule has 0 fully saturated rings. The molecular formula is C18H17BrN2O5S. The van der Waals surface area contributed by atoms with E-state index in [0.29, 0.717) is 23.6 Å². The zero-order valence-electron chi connectivity index (χ0n) is 14.3. The van der Waals surface area contributed by atoms with Crippen molar-refractivity contribution in [2.75, 3.05) is 11.9 Å². The lowest BCUT2D eigenvalue weighted by Crippen LogP contribution is -2.33. The van der Waals surface area contributed by atoms with Crippen molar-refractivity contribution in [1.82, 2.24) is 0 Å². The number of hydrogen-bond donors (Lipinski definition) is 2. The lowest BCUT2D eigenvalue weighted by molar-refractivity contribution is -0.0509. The number of fused-ring (bicyclic) bond motifs is 1. The summed E-state index contributed by atoms with van der Waals surface area (Å²) in [4.78, 5) is 12.9. The van der Waals surface area contributed by atoms with Crippen LogP contribution in [-0.4, -0.2) is 27.1 Å². The van der Waals surface area contributed by atoms with Crippen molar-refractivity contribution < 1.29 is 22.7 Å². The Morgan fingerprint density at radius 1 is 1.30 bits per heavy atom. The molecule has 9 heteroatoms. The fraction of sp³-hybridized carbons (Fsp3) is 0.167. The predicted molar refractivity (Wildman–Crippen MR) is 104 cm³/mol. The van der Waals surface area contributed by atoms with E-state index < -0.39 is 16.3 Å². The molecule has 0 aliphatic carbocycles. The Labute approximate surface area is 165 Å². The van der Waals surface area contributed by atoms with E-state index >= 15 is 0 Å². The summed E-state index contributed by atoms with van der Waals surface area (Å²) in [5, 5.41) is 8.06. The molecule has 7 nitrogen and oxygen atoms in total. The molecule has 142 valence electrons. The van der Waals surface area contributed by atoms with Crippen LogP contribution in [0.15, 0.2) is 63.6 Å². The first-order valence-corrected chi connectivity index (χ1v) is 10.4. The minimum atomic E-state index is -3.83. The molecule has 3 rings (SSSR count). The van der Waals surface area contributed by atoms with Crippen molar-refractivity contribution >= 4 is 37.4 Å². The topological polar surface area (TPSA) is 108 Å². The minimum absolute atomic E-state index is 0.0345. The van der Waals surface area contributed by atoms with E-state index in [1.54, 1.807) is 37.3 Å². The van der Waals surface area contributed by atoms with Crippen LogP contribution in [0.5, 0.6) is 5.75 Å². The van der Waals surface area contributed by atoms with E-state index in [4.69, 9.17) is 14.6 Å². The van der Waals surface area contributed by atoms with Gasteiger partial charge in [0.15, 0.2) is 0 Å². The third-order valence-electron chi connectivity index (χ3n) is 3.81. The molecule has 0 radical (unpaired) electrons. The fourth-order valence-corrected chi connectivity index (χ4v) is 3.48. The number of anilines is 1. The van der Waals surface area contributed by atoms with Gasteiger partial charge in [-0.1, -0.05) is 22.0 Å². The lowest BCUT2D eigenvalue weighted by Gasteiger charge is -2.27. The zero-order chi connectivity index (χ0) is 19.6. The molecule has 0 spiro atoms. The molecule has 0 saturated carbocycles. The number of ether oxygens (including phenoxy) is 2.